The highest BCUT2D eigenvalue weighted by molar-refractivity contribution is 9.10. The van der Waals surface area contributed by atoms with Gasteiger partial charge in [-0.15, -0.1) is 10.2 Å². The van der Waals surface area contributed by atoms with E-state index in [1.165, 1.54) is 16.4 Å². The molecule has 6 nitrogen and oxygen atoms in total. The fourth-order valence-corrected chi connectivity index (χ4v) is 3.37. The average molecular weight is 439 g/mol. The Kier molecular flexibility index (Phi) is 5.62. The maximum Gasteiger partial charge on any atom is 0.234 e. The van der Waals surface area contributed by atoms with Crippen molar-refractivity contribution >= 4 is 50.9 Å². The number of benzene rings is 2. The molecule has 0 fully saturated rings. The molecule has 0 aliphatic rings. The van der Waals surface area contributed by atoms with E-state index in [-0.39, 0.29) is 11.7 Å². The number of nitrogens with zero attached hydrogens (tertiary/aromatic N) is 3. The van der Waals surface area contributed by atoms with Gasteiger partial charge < -0.3 is 11.2 Å². The summed E-state index contributed by atoms with van der Waals surface area (Å²) in [5, 5.41) is 11.9. The lowest BCUT2D eigenvalue weighted by Crippen LogP contribution is -2.16. The number of hydrogen-bond acceptors (Lipinski definition) is 5. The van der Waals surface area contributed by atoms with Crippen LogP contribution in [0.3, 0.4) is 0 Å². The van der Waals surface area contributed by atoms with E-state index in [0.717, 1.165) is 4.47 Å². The Morgan fingerprint density at radius 3 is 2.80 bits per heavy atom. The standard InChI is InChI=1S/C16H13BrClN5OS/c17-10-4-3-5-11(8-10)20-14(24)9-25-16-22-21-15(23(16)19)12-6-1-2-7-13(12)18/h1-8H,9,19H2,(H,20,24). The first-order valence-electron chi connectivity index (χ1n) is 7.18. The molecule has 25 heavy (non-hydrogen) atoms. The van der Waals surface area contributed by atoms with E-state index in [9.17, 15) is 4.79 Å². The molecule has 0 atom stereocenters. The molecule has 3 rings (SSSR count). The highest BCUT2D eigenvalue weighted by atomic mass is 79.9. The van der Waals surface area contributed by atoms with E-state index in [0.29, 0.717) is 27.3 Å². The molecule has 1 aromatic heterocycles. The highest BCUT2D eigenvalue weighted by Crippen LogP contribution is 2.27. The Bertz CT molecular complexity index is 917. The minimum atomic E-state index is -0.162. The molecule has 0 bridgehead atoms. The van der Waals surface area contributed by atoms with Gasteiger partial charge in [-0.1, -0.05) is 57.5 Å². The van der Waals surface area contributed by atoms with Crippen molar-refractivity contribution < 1.29 is 4.79 Å². The number of amides is 1. The lowest BCUT2D eigenvalue weighted by molar-refractivity contribution is -0.113. The zero-order valence-corrected chi connectivity index (χ0v) is 16.0. The number of anilines is 1. The van der Waals surface area contributed by atoms with Gasteiger partial charge in [-0.2, -0.15) is 0 Å². The van der Waals surface area contributed by atoms with Gasteiger partial charge >= 0.3 is 0 Å². The summed E-state index contributed by atoms with van der Waals surface area (Å²) in [6.45, 7) is 0. The van der Waals surface area contributed by atoms with E-state index < -0.39 is 0 Å². The largest absolute Gasteiger partial charge is 0.335 e. The molecule has 0 spiro atoms. The van der Waals surface area contributed by atoms with Crippen LogP contribution in [0.15, 0.2) is 58.2 Å². The topological polar surface area (TPSA) is 85.8 Å². The number of halogens is 2. The van der Waals surface area contributed by atoms with Crippen LogP contribution < -0.4 is 11.2 Å². The van der Waals surface area contributed by atoms with Crippen molar-refractivity contribution in [3.63, 3.8) is 0 Å². The molecular formula is C16H13BrClN5OS. The number of carbonyl (C=O) groups excluding carboxylic acids is 1. The Labute approximate surface area is 161 Å². The lowest BCUT2D eigenvalue weighted by Gasteiger charge is -2.06. The summed E-state index contributed by atoms with van der Waals surface area (Å²) in [7, 11) is 0. The molecule has 1 heterocycles. The van der Waals surface area contributed by atoms with Gasteiger partial charge in [-0.25, -0.2) is 4.68 Å². The fraction of sp³-hybridized carbons (Fsp3) is 0.0625. The fourth-order valence-electron chi connectivity index (χ4n) is 2.10. The van der Waals surface area contributed by atoms with Crippen LogP contribution in [0.25, 0.3) is 11.4 Å². The molecule has 0 saturated carbocycles. The quantitative estimate of drug-likeness (QED) is 0.467. The molecule has 1 amide bonds. The second-order valence-corrected chi connectivity index (χ2v) is 7.27. The smallest absolute Gasteiger partial charge is 0.234 e. The van der Waals surface area contributed by atoms with Crippen LogP contribution in [-0.4, -0.2) is 26.5 Å². The third-order valence-electron chi connectivity index (χ3n) is 3.22. The van der Waals surface area contributed by atoms with E-state index in [1.54, 1.807) is 6.07 Å². The number of thioether (sulfide) groups is 1. The van der Waals surface area contributed by atoms with Crippen molar-refractivity contribution in [2.45, 2.75) is 5.16 Å². The van der Waals surface area contributed by atoms with Gasteiger partial charge in [-0.3, -0.25) is 4.79 Å². The summed E-state index contributed by atoms with van der Waals surface area (Å²) in [6.07, 6.45) is 0. The molecular weight excluding hydrogens is 426 g/mol. The second-order valence-electron chi connectivity index (χ2n) is 5.00. The van der Waals surface area contributed by atoms with Crippen molar-refractivity contribution in [2.24, 2.45) is 0 Å². The van der Waals surface area contributed by atoms with Gasteiger partial charge in [0.2, 0.25) is 11.1 Å². The zero-order valence-electron chi connectivity index (χ0n) is 12.8. The van der Waals surface area contributed by atoms with Gasteiger partial charge in [0.15, 0.2) is 5.82 Å². The van der Waals surface area contributed by atoms with Crippen LogP contribution >= 0.6 is 39.3 Å². The van der Waals surface area contributed by atoms with Crippen molar-refractivity contribution in [3.05, 3.63) is 58.0 Å². The summed E-state index contributed by atoms with van der Waals surface area (Å²) < 4.78 is 2.22. The average Bonchev–Trinajstić information content (AvgIpc) is 2.94. The van der Waals surface area contributed by atoms with E-state index in [4.69, 9.17) is 17.4 Å². The van der Waals surface area contributed by atoms with Crippen molar-refractivity contribution in [1.82, 2.24) is 14.9 Å². The zero-order chi connectivity index (χ0) is 17.8. The van der Waals surface area contributed by atoms with Gasteiger partial charge in [0.05, 0.1) is 10.8 Å². The Morgan fingerprint density at radius 2 is 2.04 bits per heavy atom. The van der Waals surface area contributed by atoms with Crippen molar-refractivity contribution in [1.29, 1.82) is 0 Å². The van der Waals surface area contributed by atoms with Gasteiger partial charge in [0.25, 0.3) is 0 Å². The number of nitrogens with two attached hydrogens (primary N) is 1. The molecule has 3 aromatic rings. The van der Waals surface area contributed by atoms with Crippen LogP contribution in [0.4, 0.5) is 5.69 Å². The van der Waals surface area contributed by atoms with E-state index in [1.807, 2.05) is 42.5 Å². The highest BCUT2D eigenvalue weighted by Gasteiger charge is 2.15. The van der Waals surface area contributed by atoms with Crippen molar-refractivity contribution in [3.8, 4) is 11.4 Å². The number of rotatable bonds is 5. The molecule has 0 radical (unpaired) electrons. The van der Waals surface area contributed by atoms with Gasteiger partial charge in [0, 0.05) is 15.7 Å². The van der Waals surface area contributed by atoms with Crippen LogP contribution in [-0.2, 0) is 4.79 Å². The Balaban J connectivity index is 1.66. The number of nitrogens with one attached hydrogen (secondary N) is 1. The maximum absolute atomic E-state index is 12.1. The normalized spacial score (nSPS) is 10.6. The minimum Gasteiger partial charge on any atom is -0.335 e. The summed E-state index contributed by atoms with van der Waals surface area (Å²) in [5.41, 5.74) is 1.40. The number of hydrogen-bond donors (Lipinski definition) is 2. The van der Waals surface area contributed by atoms with Crippen molar-refractivity contribution in [2.75, 3.05) is 16.9 Å². The van der Waals surface area contributed by atoms with Gasteiger partial charge in [-0.05, 0) is 30.3 Å². The SMILES string of the molecule is Nn1c(SCC(=O)Nc2cccc(Br)c2)nnc1-c1ccccc1Cl. The molecule has 128 valence electrons. The van der Waals surface area contributed by atoms with Gasteiger partial charge in [0.1, 0.15) is 0 Å². The molecule has 0 saturated heterocycles. The number of carbonyl (C=O) groups is 1. The third kappa shape index (κ3) is 4.33. The lowest BCUT2D eigenvalue weighted by atomic mass is 10.2. The molecule has 0 aliphatic carbocycles. The first-order chi connectivity index (χ1) is 12.0. The minimum absolute atomic E-state index is 0.157. The predicted octanol–water partition coefficient (Wildman–Crippen LogP) is 3.81. The van der Waals surface area contributed by atoms with Crippen LogP contribution in [0.5, 0.6) is 0 Å². The van der Waals surface area contributed by atoms with Crippen LogP contribution in [0, 0.1) is 0 Å². The molecule has 3 N–H and O–H groups in total. The molecule has 2 aromatic carbocycles. The summed E-state index contributed by atoms with van der Waals surface area (Å²) in [5.74, 6) is 6.48. The second kappa shape index (κ2) is 7.90. The first kappa shape index (κ1) is 17.8. The predicted molar refractivity (Wildman–Crippen MR) is 104 cm³/mol. The molecule has 9 heteroatoms. The van der Waals surface area contributed by atoms with E-state index in [2.05, 4.69) is 31.4 Å². The molecule has 0 unspecified atom stereocenters. The first-order valence-corrected chi connectivity index (χ1v) is 9.34. The Morgan fingerprint density at radius 1 is 1.24 bits per heavy atom. The Hall–Kier alpha value is -2.03. The summed E-state index contributed by atoms with van der Waals surface area (Å²) in [4.78, 5) is 12.1. The third-order valence-corrected chi connectivity index (χ3v) is 4.99. The molecule has 0 aliphatic heterocycles. The monoisotopic (exact) mass is 437 g/mol. The number of nitrogen functional groups attached to an aromatic ring is 1. The number of aromatic nitrogens is 3. The summed E-state index contributed by atoms with van der Waals surface area (Å²) in [6, 6.07) is 14.6. The maximum atomic E-state index is 12.1. The van der Waals surface area contributed by atoms with Crippen LogP contribution in [0.2, 0.25) is 5.02 Å². The summed E-state index contributed by atoms with van der Waals surface area (Å²) >= 11 is 10.7. The van der Waals surface area contributed by atoms with Crippen LogP contribution in [0.1, 0.15) is 0 Å². The van der Waals surface area contributed by atoms with E-state index >= 15 is 0 Å².